The molecule has 0 aliphatic heterocycles. The highest BCUT2D eigenvalue weighted by Gasteiger charge is 2.13. The van der Waals surface area contributed by atoms with Crippen molar-refractivity contribution in [3.05, 3.63) is 47.1 Å². The van der Waals surface area contributed by atoms with Gasteiger partial charge in [0, 0.05) is 18.9 Å². The van der Waals surface area contributed by atoms with E-state index in [0.29, 0.717) is 6.04 Å². The molecule has 1 aromatic carbocycles. The highest BCUT2D eigenvalue weighted by Crippen LogP contribution is 2.10. The number of likely N-dealkylation sites (N-methyl/N-ethyl adjacent to an activating group) is 1. The molecule has 4 heteroatoms. The third-order valence-electron chi connectivity index (χ3n) is 3.54. The average molecular weight is 287 g/mol. The van der Waals surface area contributed by atoms with E-state index in [0.717, 1.165) is 43.9 Å². The van der Waals surface area contributed by atoms with Gasteiger partial charge in [0.05, 0.1) is 0 Å². The van der Waals surface area contributed by atoms with Crippen LogP contribution in [0, 0.1) is 6.92 Å². The first-order valence-electron chi connectivity index (χ1n) is 7.81. The first-order valence-corrected chi connectivity index (χ1v) is 7.81. The van der Waals surface area contributed by atoms with E-state index in [1.165, 1.54) is 11.1 Å². The second-order valence-electron chi connectivity index (χ2n) is 5.51. The number of hydrogen-bond donors (Lipinski definition) is 1. The standard InChI is InChI=1S/C17H25N3O/c1-4-6-15(18-5-2)12-17-19-16(20-21-17)11-14-9-7-13(3)8-10-14/h7-10,15,18H,4-6,11-12H2,1-3H3. The minimum atomic E-state index is 0.424. The van der Waals surface area contributed by atoms with Crippen molar-refractivity contribution in [2.24, 2.45) is 0 Å². The molecule has 0 aliphatic rings. The molecule has 2 aromatic rings. The fourth-order valence-corrected chi connectivity index (χ4v) is 2.46. The van der Waals surface area contributed by atoms with Gasteiger partial charge in [-0.15, -0.1) is 0 Å². The number of rotatable bonds is 8. The van der Waals surface area contributed by atoms with Crippen LogP contribution in [-0.4, -0.2) is 22.7 Å². The molecule has 0 radical (unpaired) electrons. The Bertz CT molecular complexity index is 527. The summed E-state index contributed by atoms with van der Waals surface area (Å²) in [4.78, 5) is 4.51. The molecule has 4 nitrogen and oxygen atoms in total. The lowest BCUT2D eigenvalue weighted by molar-refractivity contribution is 0.349. The first-order chi connectivity index (χ1) is 10.2. The van der Waals surface area contributed by atoms with E-state index in [1.807, 2.05) is 0 Å². The van der Waals surface area contributed by atoms with Crippen molar-refractivity contribution in [3.8, 4) is 0 Å². The van der Waals surface area contributed by atoms with Crippen LogP contribution in [0.15, 0.2) is 28.8 Å². The third-order valence-corrected chi connectivity index (χ3v) is 3.54. The average Bonchev–Trinajstić information content (AvgIpc) is 2.89. The van der Waals surface area contributed by atoms with Gasteiger partial charge in [-0.25, -0.2) is 0 Å². The third kappa shape index (κ3) is 4.97. The zero-order chi connectivity index (χ0) is 15.1. The van der Waals surface area contributed by atoms with Gasteiger partial charge in [0.25, 0.3) is 0 Å². The lowest BCUT2D eigenvalue weighted by Gasteiger charge is -2.14. The van der Waals surface area contributed by atoms with E-state index >= 15 is 0 Å². The molecule has 0 spiro atoms. The molecule has 1 heterocycles. The summed E-state index contributed by atoms with van der Waals surface area (Å²) >= 11 is 0. The molecule has 0 saturated heterocycles. The van der Waals surface area contributed by atoms with Gasteiger partial charge in [-0.05, 0) is 25.5 Å². The summed E-state index contributed by atoms with van der Waals surface area (Å²) in [7, 11) is 0. The van der Waals surface area contributed by atoms with E-state index in [1.54, 1.807) is 0 Å². The molecule has 2 rings (SSSR count). The number of aromatic nitrogens is 2. The number of nitrogens with one attached hydrogen (secondary N) is 1. The topological polar surface area (TPSA) is 51.0 Å². The van der Waals surface area contributed by atoms with Crippen LogP contribution < -0.4 is 5.32 Å². The number of aryl methyl sites for hydroxylation is 1. The number of benzene rings is 1. The van der Waals surface area contributed by atoms with Gasteiger partial charge in [0.2, 0.25) is 5.89 Å². The summed E-state index contributed by atoms with van der Waals surface area (Å²) in [5.41, 5.74) is 2.48. The van der Waals surface area contributed by atoms with Gasteiger partial charge in [0.15, 0.2) is 5.82 Å². The van der Waals surface area contributed by atoms with E-state index in [2.05, 4.69) is 60.5 Å². The second-order valence-corrected chi connectivity index (χ2v) is 5.51. The summed E-state index contributed by atoms with van der Waals surface area (Å²) in [6, 6.07) is 8.87. The Labute approximate surface area is 127 Å². The Morgan fingerprint density at radius 1 is 1.19 bits per heavy atom. The predicted molar refractivity (Wildman–Crippen MR) is 84.4 cm³/mol. The Kier molecular flexibility index (Phi) is 5.93. The Balaban J connectivity index is 1.95. The summed E-state index contributed by atoms with van der Waals surface area (Å²) in [5, 5.41) is 7.56. The van der Waals surface area contributed by atoms with Crippen LogP contribution in [0.2, 0.25) is 0 Å². The summed E-state index contributed by atoms with van der Waals surface area (Å²) in [6.45, 7) is 7.38. The van der Waals surface area contributed by atoms with Crippen molar-refractivity contribution < 1.29 is 4.52 Å². The minimum Gasteiger partial charge on any atom is -0.339 e. The zero-order valence-electron chi connectivity index (χ0n) is 13.2. The van der Waals surface area contributed by atoms with E-state index in [4.69, 9.17) is 4.52 Å². The van der Waals surface area contributed by atoms with Gasteiger partial charge in [-0.3, -0.25) is 0 Å². The Hall–Kier alpha value is -1.68. The lowest BCUT2D eigenvalue weighted by atomic mass is 10.1. The van der Waals surface area contributed by atoms with E-state index < -0.39 is 0 Å². The van der Waals surface area contributed by atoms with Crippen molar-refractivity contribution >= 4 is 0 Å². The molecule has 1 unspecified atom stereocenters. The van der Waals surface area contributed by atoms with Crippen LogP contribution in [0.1, 0.15) is 49.5 Å². The highest BCUT2D eigenvalue weighted by molar-refractivity contribution is 5.23. The van der Waals surface area contributed by atoms with E-state index in [9.17, 15) is 0 Å². The summed E-state index contributed by atoms with van der Waals surface area (Å²) < 4.78 is 5.38. The zero-order valence-corrected chi connectivity index (χ0v) is 13.2. The monoisotopic (exact) mass is 287 g/mol. The molecule has 0 bridgehead atoms. The number of nitrogens with zero attached hydrogens (tertiary/aromatic N) is 2. The van der Waals surface area contributed by atoms with Crippen molar-refractivity contribution in [2.45, 2.75) is 52.5 Å². The molecular formula is C17H25N3O. The molecule has 0 saturated carbocycles. The van der Waals surface area contributed by atoms with Crippen LogP contribution in [0.5, 0.6) is 0 Å². The van der Waals surface area contributed by atoms with Gasteiger partial charge in [-0.1, -0.05) is 55.3 Å². The second kappa shape index (κ2) is 7.93. The quantitative estimate of drug-likeness (QED) is 0.809. The molecule has 21 heavy (non-hydrogen) atoms. The van der Waals surface area contributed by atoms with E-state index in [-0.39, 0.29) is 0 Å². The molecule has 0 fully saturated rings. The van der Waals surface area contributed by atoms with Gasteiger partial charge < -0.3 is 9.84 Å². The summed E-state index contributed by atoms with van der Waals surface area (Å²) in [5.74, 6) is 1.50. The maximum atomic E-state index is 5.38. The largest absolute Gasteiger partial charge is 0.339 e. The summed E-state index contributed by atoms with van der Waals surface area (Å²) in [6.07, 6.45) is 3.82. The van der Waals surface area contributed by atoms with Crippen LogP contribution in [0.3, 0.4) is 0 Å². The molecule has 0 amide bonds. The number of hydrogen-bond acceptors (Lipinski definition) is 4. The fraction of sp³-hybridized carbons (Fsp3) is 0.529. The molecule has 1 atom stereocenters. The smallest absolute Gasteiger partial charge is 0.228 e. The molecule has 0 aliphatic carbocycles. The Morgan fingerprint density at radius 3 is 2.62 bits per heavy atom. The van der Waals surface area contributed by atoms with Crippen molar-refractivity contribution in [2.75, 3.05) is 6.54 Å². The molecule has 1 N–H and O–H groups in total. The van der Waals surface area contributed by atoms with Crippen LogP contribution in [0.4, 0.5) is 0 Å². The van der Waals surface area contributed by atoms with Crippen molar-refractivity contribution in [1.82, 2.24) is 15.5 Å². The molecule has 1 aromatic heterocycles. The molecule has 114 valence electrons. The Morgan fingerprint density at radius 2 is 1.95 bits per heavy atom. The van der Waals surface area contributed by atoms with Crippen molar-refractivity contribution in [3.63, 3.8) is 0 Å². The van der Waals surface area contributed by atoms with Crippen LogP contribution in [0.25, 0.3) is 0 Å². The highest BCUT2D eigenvalue weighted by atomic mass is 16.5. The van der Waals surface area contributed by atoms with Crippen molar-refractivity contribution in [1.29, 1.82) is 0 Å². The van der Waals surface area contributed by atoms with Gasteiger partial charge in [-0.2, -0.15) is 4.98 Å². The SMILES string of the molecule is CCCC(Cc1nc(Cc2ccc(C)cc2)no1)NCC. The van der Waals surface area contributed by atoms with Crippen LogP contribution >= 0.6 is 0 Å². The fourth-order valence-electron chi connectivity index (χ4n) is 2.46. The van der Waals surface area contributed by atoms with Gasteiger partial charge >= 0.3 is 0 Å². The minimum absolute atomic E-state index is 0.424. The lowest BCUT2D eigenvalue weighted by Crippen LogP contribution is -2.30. The normalized spacial score (nSPS) is 12.5. The van der Waals surface area contributed by atoms with Crippen LogP contribution in [-0.2, 0) is 12.8 Å². The molecular weight excluding hydrogens is 262 g/mol. The maximum Gasteiger partial charge on any atom is 0.228 e. The van der Waals surface area contributed by atoms with Gasteiger partial charge in [0.1, 0.15) is 0 Å². The maximum absolute atomic E-state index is 5.38. The first kappa shape index (κ1) is 15.7. The predicted octanol–water partition coefficient (Wildman–Crippen LogP) is 3.29.